The second-order valence-electron chi connectivity index (χ2n) is 16.3. The maximum absolute atomic E-state index is 15.8. The molecule has 298 valence electrons. The molecule has 2 aromatic carbocycles. The normalized spacial score (nSPS) is 33.2. The van der Waals surface area contributed by atoms with E-state index >= 15 is 4.79 Å². The van der Waals surface area contributed by atoms with Crippen molar-refractivity contribution in [2.45, 2.75) is 116 Å². The first-order chi connectivity index (χ1) is 26.4. The number of aromatic nitrogens is 1. The minimum Gasteiger partial charge on any atom is -0.460 e. The molecule has 1 N–H and O–H groups in total. The molecule has 4 aliphatic rings. The molecule has 3 aromatic rings. The quantitative estimate of drug-likeness (QED) is 0.180. The van der Waals surface area contributed by atoms with Crippen molar-refractivity contribution < 1.29 is 57.5 Å². The number of para-hydroxylation sites is 1. The number of ketones is 1. The number of hydrogen-bond acceptors (Lipinski definition) is 12. The van der Waals surface area contributed by atoms with Crippen LogP contribution in [-0.4, -0.2) is 87.7 Å². The number of Topliss-reactive ketones (excluding diaryl/α,β-unsaturated/α-hetero) is 1. The summed E-state index contributed by atoms with van der Waals surface area (Å²) < 4.78 is 39.1. The number of hydrogen-bond donors (Lipinski definition) is 1. The average molecular weight is 772 g/mol. The highest BCUT2D eigenvalue weighted by molar-refractivity contribution is 5.95. The first-order valence-electron chi connectivity index (χ1n) is 19.0. The molecule has 13 nitrogen and oxygen atoms in total. The fourth-order valence-electron chi connectivity index (χ4n) is 10.1. The minimum atomic E-state index is -2.00. The van der Waals surface area contributed by atoms with Crippen LogP contribution in [-0.2, 0) is 65.5 Å². The first kappa shape index (κ1) is 39.4. The maximum Gasteiger partial charge on any atom is 0.326 e. The van der Waals surface area contributed by atoms with Gasteiger partial charge < -0.3 is 38.1 Å². The first-order valence-corrected chi connectivity index (χ1v) is 19.0. The van der Waals surface area contributed by atoms with Crippen molar-refractivity contribution in [2.24, 2.45) is 16.7 Å². The van der Waals surface area contributed by atoms with Gasteiger partial charge in [0.25, 0.3) is 0 Å². The fraction of sp³-hybridized carbons (Fsp3) is 0.512. The van der Waals surface area contributed by atoms with Crippen LogP contribution >= 0.6 is 0 Å². The molecule has 1 aliphatic heterocycles. The zero-order chi connectivity index (χ0) is 40.4. The van der Waals surface area contributed by atoms with Gasteiger partial charge in [-0.3, -0.25) is 24.0 Å². The molecule has 1 saturated heterocycles. The molecular formula is C43H49NO12. The summed E-state index contributed by atoms with van der Waals surface area (Å²) in [4.78, 5) is 68.6. The molecule has 7 rings (SSSR count). The highest BCUT2D eigenvalue weighted by atomic mass is 16.6. The second kappa shape index (κ2) is 14.3. The van der Waals surface area contributed by atoms with E-state index in [1.165, 1.54) is 20.8 Å². The van der Waals surface area contributed by atoms with Crippen LogP contribution in [0.3, 0.4) is 0 Å². The number of esters is 4. The highest BCUT2D eigenvalue weighted by Crippen LogP contribution is 2.65. The van der Waals surface area contributed by atoms with Crippen molar-refractivity contribution in [3.63, 3.8) is 0 Å². The summed E-state index contributed by atoms with van der Waals surface area (Å²) in [6, 6.07) is 18.7. The molecule has 0 amide bonds. The molecule has 2 heterocycles. The maximum atomic E-state index is 15.8. The predicted molar refractivity (Wildman–Crippen MR) is 199 cm³/mol. The predicted octanol–water partition coefficient (Wildman–Crippen LogP) is 4.79. The second-order valence-corrected chi connectivity index (χ2v) is 16.3. The van der Waals surface area contributed by atoms with Crippen LogP contribution < -0.4 is 0 Å². The topological polar surface area (TPSA) is 166 Å². The standard InChI is InChI=1S/C43H49NO12/c1-24-31(53-25(2)45)20-43(50)39(51-22-28-13-9-8-10-14-28)37-41(7,38(49)36(54-26(3)46)35(24)40(43,5)6)32(19-33-42(37,23-52-33)56-27(4)47)55-34(48)21-44-18-17-29-15-11-12-16-30(29)44/h8-18,31-33,36-37,39,50H,19-23H2,1-7H3/t31-,32-,33+,36+,37-,39-,41+,42-,43+/m0/s1. The Morgan fingerprint density at radius 3 is 2.21 bits per heavy atom. The zero-order valence-electron chi connectivity index (χ0n) is 32.7. The lowest BCUT2D eigenvalue weighted by atomic mass is 9.44. The lowest BCUT2D eigenvalue weighted by Crippen LogP contribution is -2.82. The number of aliphatic hydroxyl groups is 1. The van der Waals surface area contributed by atoms with Crippen LogP contribution in [0.15, 0.2) is 78.0 Å². The van der Waals surface area contributed by atoms with Crippen molar-refractivity contribution in [3.8, 4) is 0 Å². The van der Waals surface area contributed by atoms with Gasteiger partial charge in [0, 0.05) is 56.7 Å². The average Bonchev–Trinajstić information content (AvgIpc) is 3.53. The summed E-state index contributed by atoms with van der Waals surface area (Å²) in [5, 5.41) is 14.5. The largest absolute Gasteiger partial charge is 0.460 e. The summed E-state index contributed by atoms with van der Waals surface area (Å²) in [5.74, 6) is -4.63. The van der Waals surface area contributed by atoms with Crippen molar-refractivity contribution in [1.82, 2.24) is 4.57 Å². The Morgan fingerprint density at radius 1 is 0.893 bits per heavy atom. The van der Waals surface area contributed by atoms with E-state index < -0.39 is 88.1 Å². The Morgan fingerprint density at radius 2 is 1.57 bits per heavy atom. The fourth-order valence-corrected chi connectivity index (χ4v) is 10.1. The van der Waals surface area contributed by atoms with Gasteiger partial charge in [-0.25, -0.2) is 0 Å². The molecule has 2 saturated carbocycles. The van der Waals surface area contributed by atoms with E-state index in [2.05, 4.69) is 0 Å². The molecule has 0 spiro atoms. The third kappa shape index (κ3) is 6.24. The van der Waals surface area contributed by atoms with Gasteiger partial charge >= 0.3 is 23.9 Å². The molecule has 1 aromatic heterocycles. The van der Waals surface area contributed by atoms with Gasteiger partial charge in [0.1, 0.15) is 30.5 Å². The van der Waals surface area contributed by atoms with Crippen LogP contribution in [0.1, 0.15) is 66.9 Å². The molecule has 9 atom stereocenters. The zero-order valence-corrected chi connectivity index (χ0v) is 32.7. The Balaban J connectivity index is 1.45. The van der Waals surface area contributed by atoms with Crippen molar-refractivity contribution in [1.29, 1.82) is 0 Å². The number of carbonyl (C=O) groups excluding carboxylic acids is 5. The van der Waals surface area contributed by atoms with Crippen LogP contribution in [0, 0.1) is 16.7 Å². The van der Waals surface area contributed by atoms with Crippen LogP contribution in [0.25, 0.3) is 10.9 Å². The molecule has 56 heavy (non-hydrogen) atoms. The third-order valence-electron chi connectivity index (χ3n) is 12.7. The van der Waals surface area contributed by atoms with Crippen molar-refractivity contribution in [3.05, 3.63) is 83.6 Å². The van der Waals surface area contributed by atoms with Crippen LogP contribution in [0.4, 0.5) is 0 Å². The number of benzene rings is 2. The number of rotatable bonds is 9. The van der Waals surface area contributed by atoms with Gasteiger partial charge in [0.15, 0.2) is 17.5 Å². The van der Waals surface area contributed by atoms with Gasteiger partial charge in [-0.1, -0.05) is 62.4 Å². The Labute approximate surface area is 325 Å². The lowest BCUT2D eigenvalue weighted by molar-refractivity contribution is -0.352. The monoisotopic (exact) mass is 771 g/mol. The Bertz CT molecular complexity index is 2100. The van der Waals surface area contributed by atoms with Gasteiger partial charge in [-0.15, -0.1) is 0 Å². The van der Waals surface area contributed by atoms with Gasteiger partial charge in [-0.2, -0.15) is 0 Å². The summed E-state index contributed by atoms with van der Waals surface area (Å²) in [6.07, 6.45) is -4.62. The van der Waals surface area contributed by atoms with E-state index in [-0.39, 0.29) is 38.2 Å². The van der Waals surface area contributed by atoms with Gasteiger partial charge in [-0.05, 0) is 48.1 Å². The van der Waals surface area contributed by atoms with E-state index in [0.29, 0.717) is 5.57 Å². The van der Waals surface area contributed by atoms with Crippen molar-refractivity contribution in [2.75, 3.05) is 6.61 Å². The molecule has 3 aliphatic carbocycles. The number of carbonyl (C=O) groups is 5. The lowest BCUT2D eigenvalue weighted by Gasteiger charge is -2.68. The number of nitrogens with zero attached hydrogens (tertiary/aromatic N) is 1. The van der Waals surface area contributed by atoms with E-state index in [9.17, 15) is 24.3 Å². The smallest absolute Gasteiger partial charge is 0.326 e. The molecule has 13 heteroatoms. The number of ether oxygens (including phenoxy) is 6. The highest BCUT2D eigenvalue weighted by Gasteiger charge is 2.78. The minimum absolute atomic E-state index is 0.0405. The molecule has 2 bridgehead atoms. The van der Waals surface area contributed by atoms with Crippen LogP contribution in [0.5, 0.6) is 0 Å². The van der Waals surface area contributed by atoms with E-state index in [0.717, 1.165) is 16.5 Å². The van der Waals surface area contributed by atoms with E-state index in [1.54, 1.807) is 38.5 Å². The summed E-state index contributed by atoms with van der Waals surface area (Å²) in [5.41, 5.74) is -4.55. The Kier molecular flexibility index (Phi) is 10.0. The SMILES string of the molecule is CC(=O)O[C@H]1C(=O)[C@]2(C)[C@@H](OC(=O)Cn3ccc4ccccc43)C[C@H]3OC[C@@]3(OC(C)=O)[C@H]2[C@H](OCc2ccccc2)[C@]2(O)C[C@H](OC(C)=O)C(C)=C1C2(C)C. The summed E-state index contributed by atoms with van der Waals surface area (Å²) >= 11 is 0. The third-order valence-corrected chi connectivity index (χ3v) is 12.7. The molecular weight excluding hydrogens is 722 g/mol. The van der Waals surface area contributed by atoms with E-state index in [1.807, 2.05) is 60.7 Å². The van der Waals surface area contributed by atoms with E-state index in [4.69, 9.17) is 28.4 Å². The molecule has 0 radical (unpaired) electrons. The van der Waals surface area contributed by atoms with Crippen molar-refractivity contribution >= 4 is 40.6 Å². The van der Waals surface area contributed by atoms with Gasteiger partial charge in [0.05, 0.1) is 24.7 Å². The number of fused-ring (bicyclic) bond motifs is 6. The summed E-state index contributed by atoms with van der Waals surface area (Å²) in [7, 11) is 0. The Hall–Kier alpha value is -4.85. The van der Waals surface area contributed by atoms with Gasteiger partial charge in [0.2, 0.25) is 0 Å². The summed E-state index contributed by atoms with van der Waals surface area (Å²) in [6.45, 7) is 10.0. The van der Waals surface area contributed by atoms with Crippen LogP contribution in [0.2, 0.25) is 0 Å². The molecule has 3 fully saturated rings. The molecule has 0 unspecified atom stereocenters.